The molecule has 3 aliphatic rings. The molecule has 0 saturated carbocycles. The Morgan fingerprint density at radius 3 is 1.73 bits per heavy atom. The Morgan fingerprint density at radius 1 is 0.484 bits per heavy atom. The standard InChI is InChI=1S/C81H62BN7OS/c1-79(2,3)53-27-37-68-63(41-53)62-40-52(49-85)26-36-67(62)89(68)60-44-71-76-72(45-60)90-73-46-70(87(55-18-12-9-13-19-55)57-30-24-51(48-84)25-31-57)75-61-20-14-15-21-74(61)91-78(75)77(73)82(76)66-35-33-59(86(54-16-10-8-11-17-54)56-28-22-50(47-83)23-29-56)43-69(66)88(71)58-32-34-64-65(42-58)81(6,7)39-38-80(64,4)5/h8-37,40-46H,38-39H2,1-7H3. The zero-order valence-electron chi connectivity index (χ0n) is 51.8. The highest BCUT2D eigenvalue weighted by Crippen LogP contribution is 2.53. The fourth-order valence-electron chi connectivity index (χ4n) is 14.7. The predicted octanol–water partition coefficient (Wildman–Crippen LogP) is 19.8. The Balaban J connectivity index is 1.04. The minimum Gasteiger partial charge on any atom is -0.458 e. The Labute approximate surface area is 535 Å². The number of hydrogen-bond acceptors (Lipinski definition) is 8. The highest BCUT2D eigenvalue weighted by Gasteiger charge is 2.46. The molecule has 16 rings (SSSR count). The first-order valence-electron chi connectivity index (χ1n) is 31.2. The van der Waals surface area contributed by atoms with E-state index in [1.54, 1.807) is 0 Å². The van der Waals surface area contributed by atoms with Crippen LogP contribution < -0.4 is 35.8 Å². The molecule has 4 heterocycles. The average molecular weight is 1190 g/mol. The first-order chi connectivity index (χ1) is 44.1. The second-order valence-corrected chi connectivity index (χ2v) is 28.0. The van der Waals surface area contributed by atoms with Crippen LogP contribution in [0.15, 0.2) is 224 Å². The van der Waals surface area contributed by atoms with Crippen LogP contribution in [0, 0.1) is 34.0 Å². The second kappa shape index (κ2) is 20.6. The lowest BCUT2D eigenvalue weighted by Crippen LogP contribution is -2.59. The fourth-order valence-corrected chi connectivity index (χ4v) is 16.0. The highest BCUT2D eigenvalue weighted by molar-refractivity contribution is 7.28. The Kier molecular flexibility index (Phi) is 12.6. The topological polar surface area (TPSA) is 95.3 Å². The molecule has 13 aromatic rings. The van der Waals surface area contributed by atoms with E-state index in [0.717, 1.165) is 140 Å². The summed E-state index contributed by atoms with van der Waals surface area (Å²) in [7, 11) is 0. The molecule has 2 aliphatic heterocycles. The summed E-state index contributed by atoms with van der Waals surface area (Å²) >= 11 is 1.81. The lowest BCUT2D eigenvalue weighted by atomic mass is 9.34. The van der Waals surface area contributed by atoms with Crippen LogP contribution in [0.2, 0.25) is 0 Å². The third-order valence-corrected chi connectivity index (χ3v) is 20.7. The van der Waals surface area contributed by atoms with Crippen LogP contribution in [0.5, 0.6) is 11.5 Å². The number of ether oxygens (including phenoxy) is 1. The van der Waals surface area contributed by atoms with Crippen LogP contribution in [0.25, 0.3) is 47.7 Å². The van der Waals surface area contributed by atoms with E-state index in [4.69, 9.17) is 4.74 Å². The molecule has 0 radical (unpaired) electrons. The van der Waals surface area contributed by atoms with Crippen LogP contribution in [0.1, 0.15) is 94.7 Å². The molecule has 2 aromatic heterocycles. The van der Waals surface area contributed by atoms with Crippen molar-refractivity contribution in [3.63, 3.8) is 0 Å². The van der Waals surface area contributed by atoms with Gasteiger partial charge in [0.1, 0.15) is 11.5 Å². The summed E-state index contributed by atoms with van der Waals surface area (Å²) in [5.41, 5.74) is 20.5. The monoisotopic (exact) mass is 1190 g/mol. The molecule has 8 nitrogen and oxygen atoms in total. The third kappa shape index (κ3) is 8.82. The van der Waals surface area contributed by atoms with Gasteiger partial charge in [0.2, 0.25) is 0 Å². The normalized spacial score (nSPS) is 14.2. The molecule has 0 N–H and O–H groups in total. The van der Waals surface area contributed by atoms with E-state index in [2.05, 4.69) is 244 Å². The van der Waals surface area contributed by atoms with E-state index < -0.39 is 0 Å². The van der Waals surface area contributed by atoms with Crippen molar-refractivity contribution in [2.45, 2.75) is 77.6 Å². The molecule has 0 saturated heterocycles. The minimum absolute atomic E-state index is 0.0190. The lowest BCUT2D eigenvalue weighted by molar-refractivity contribution is 0.332. The van der Waals surface area contributed by atoms with Crippen molar-refractivity contribution < 1.29 is 4.74 Å². The van der Waals surface area contributed by atoms with Crippen molar-refractivity contribution in [2.24, 2.45) is 0 Å². The number of nitriles is 3. The minimum atomic E-state index is -0.327. The molecule has 0 atom stereocenters. The lowest BCUT2D eigenvalue weighted by Gasteiger charge is -2.44. The van der Waals surface area contributed by atoms with Gasteiger partial charge in [-0.05, 0) is 202 Å². The van der Waals surface area contributed by atoms with Gasteiger partial charge in [-0.1, -0.05) is 121 Å². The van der Waals surface area contributed by atoms with Gasteiger partial charge < -0.3 is 24.0 Å². The smallest absolute Gasteiger partial charge is 0.258 e. The Morgan fingerprint density at radius 2 is 1.05 bits per heavy atom. The summed E-state index contributed by atoms with van der Waals surface area (Å²) in [5, 5.41) is 34.9. The molecular weight excluding hydrogens is 1130 g/mol. The van der Waals surface area contributed by atoms with Gasteiger partial charge in [-0.15, -0.1) is 11.3 Å². The van der Waals surface area contributed by atoms with Crippen molar-refractivity contribution in [3.05, 3.63) is 258 Å². The zero-order chi connectivity index (χ0) is 62.2. The van der Waals surface area contributed by atoms with Crippen molar-refractivity contribution in [3.8, 4) is 35.4 Å². The molecule has 0 fully saturated rings. The van der Waals surface area contributed by atoms with Gasteiger partial charge in [0.15, 0.2) is 0 Å². The number of benzene rings is 11. The summed E-state index contributed by atoms with van der Waals surface area (Å²) in [5.74, 6) is 1.50. The molecule has 0 amide bonds. The summed E-state index contributed by atoms with van der Waals surface area (Å²) in [6, 6.07) is 86.7. The number of hydrogen-bond donors (Lipinski definition) is 0. The van der Waals surface area contributed by atoms with Crippen LogP contribution in [-0.4, -0.2) is 11.3 Å². The molecule has 436 valence electrons. The number of thiophene rings is 1. The number of fused-ring (bicyclic) bond motifs is 12. The summed E-state index contributed by atoms with van der Waals surface area (Å²) in [6.45, 7) is 16.0. The zero-order valence-corrected chi connectivity index (χ0v) is 52.6. The first kappa shape index (κ1) is 55.5. The number of aromatic nitrogens is 1. The molecule has 0 unspecified atom stereocenters. The van der Waals surface area contributed by atoms with Gasteiger partial charge in [0.25, 0.3) is 6.71 Å². The van der Waals surface area contributed by atoms with Gasteiger partial charge in [-0.3, -0.25) is 0 Å². The van der Waals surface area contributed by atoms with Crippen LogP contribution >= 0.6 is 11.3 Å². The van der Waals surface area contributed by atoms with E-state index in [0.29, 0.717) is 16.7 Å². The maximum atomic E-state index is 10.5. The quantitative estimate of drug-likeness (QED) is 0.140. The van der Waals surface area contributed by atoms with Gasteiger partial charge in [-0.2, -0.15) is 15.8 Å². The summed E-state index contributed by atoms with van der Waals surface area (Å²) in [6.07, 6.45) is 2.15. The van der Waals surface area contributed by atoms with Crippen LogP contribution in [0.4, 0.5) is 51.2 Å². The van der Waals surface area contributed by atoms with Gasteiger partial charge >= 0.3 is 0 Å². The third-order valence-electron chi connectivity index (χ3n) is 19.5. The van der Waals surface area contributed by atoms with E-state index in [-0.39, 0.29) is 23.0 Å². The number of anilines is 9. The van der Waals surface area contributed by atoms with E-state index in [9.17, 15) is 15.8 Å². The molecular formula is C81H62BN7OS. The number of para-hydroxylation sites is 2. The second-order valence-electron chi connectivity index (χ2n) is 26.9. The van der Waals surface area contributed by atoms with Crippen molar-refractivity contribution in [1.82, 2.24) is 4.57 Å². The molecule has 0 spiro atoms. The van der Waals surface area contributed by atoms with E-state index in [1.807, 2.05) is 78.1 Å². The molecule has 11 aromatic carbocycles. The maximum absolute atomic E-state index is 10.5. The van der Waals surface area contributed by atoms with Crippen molar-refractivity contribution >= 4 is 128 Å². The number of nitrogens with zero attached hydrogens (tertiary/aromatic N) is 7. The molecule has 10 heteroatoms. The molecule has 91 heavy (non-hydrogen) atoms. The SMILES string of the molecule is CC(C)(C)c1ccc2c(c1)c1cc(C#N)ccc1n2-c1cc2c3c(c1)N(c1ccc4c(c1)C(C)(C)CCC4(C)C)c1cc(N(c4ccccc4)c4ccc(C#N)cc4)ccc1B3c1c(cc(N(c3ccccc3)c3ccc(C#N)cc3)c3c1sc1ccccc13)O2. The van der Waals surface area contributed by atoms with Crippen LogP contribution in [0.3, 0.4) is 0 Å². The Bertz CT molecular complexity index is 5310. The first-order valence-corrected chi connectivity index (χ1v) is 32.0. The summed E-state index contributed by atoms with van der Waals surface area (Å²) < 4.78 is 12.5. The number of rotatable bonds is 8. The van der Waals surface area contributed by atoms with E-state index >= 15 is 0 Å². The van der Waals surface area contributed by atoms with E-state index in [1.165, 1.54) is 16.7 Å². The van der Waals surface area contributed by atoms with Crippen LogP contribution in [-0.2, 0) is 16.2 Å². The van der Waals surface area contributed by atoms with Gasteiger partial charge in [0.05, 0.1) is 57.3 Å². The van der Waals surface area contributed by atoms with Crippen molar-refractivity contribution in [1.29, 1.82) is 15.8 Å². The largest absolute Gasteiger partial charge is 0.458 e. The highest BCUT2D eigenvalue weighted by atomic mass is 32.1. The predicted molar refractivity (Wildman–Crippen MR) is 377 cm³/mol. The average Bonchev–Trinajstić information content (AvgIpc) is 1.59. The fraction of sp³-hybridized carbons (Fsp3) is 0.148. The Hall–Kier alpha value is -10.8. The van der Waals surface area contributed by atoms with Gasteiger partial charge in [0, 0.05) is 88.6 Å². The summed E-state index contributed by atoms with van der Waals surface area (Å²) in [4.78, 5) is 7.13. The molecule has 0 bridgehead atoms. The van der Waals surface area contributed by atoms with Gasteiger partial charge in [-0.25, -0.2) is 0 Å². The van der Waals surface area contributed by atoms with Crippen molar-refractivity contribution in [2.75, 3.05) is 14.7 Å². The maximum Gasteiger partial charge on any atom is 0.258 e. The molecule has 1 aliphatic carbocycles.